The predicted molar refractivity (Wildman–Crippen MR) is 581 cm³/mol. The number of hydrogen-bond acceptors (Lipinski definition) is 4. The van der Waals surface area contributed by atoms with Gasteiger partial charge in [0, 0.05) is 66.5 Å². The standard InChI is InChI=1S/2C66H46F2N2/c1-43-17-15-27-53(37-43)69(65-57(47-23-11-5-12-24-47)39-51(41-59(65)67)45-19-7-3-8-20-45)61-35-31-49-30-34-56-62(36-32-50-29-33-55(61)63(49)64(50)56)70(54-28-16-18-44(2)38-54)66-58(48-25-13-6-14-26-48)40-52(42-60(66)68)46-21-9-4-10-22-46;1-43-23-31-53(32-24-43)69(65-57(47-19-11-5-12-20-47)39-51(41-59(65)67)45-15-7-3-8-16-45)61-37-29-49-28-36-56-62(38-30-50-27-35-55(61)63(49)64(50)56)70(54-33-25-44(2)26-34-54)66-58(48-21-13-6-14-22-48)40-52(42-60(66)68)46-17-9-4-10-18-46/h2*3-42H,1-2H3/i3D,4D,5D,6D,7D,8D,9D,10D,11D,12D,13D,14D,19D,20D,21D,22D,23D,24D,25D,26D;3D,4D,5D,6D,7D,8D,9D,10D,11D,12D,13D,14D,15D,16D,17D,18D,19D,20D,21D,22D. The summed E-state index contributed by atoms with van der Waals surface area (Å²) in [7, 11) is 0. The van der Waals surface area contributed by atoms with Gasteiger partial charge < -0.3 is 19.6 Å². The molecule has 0 aliphatic heterocycles. The third-order valence-electron chi connectivity index (χ3n) is 24.7. The third kappa shape index (κ3) is 16.1. The van der Waals surface area contributed by atoms with Crippen LogP contribution >= 0.6 is 0 Å². The van der Waals surface area contributed by atoms with E-state index in [1.165, 1.54) is 43.9 Å². The maximum absolute atomic E-state index is 18.4. The van der Waals surface area contributed by atoms with E-state index in [4.69, 9.17) is 43.9 Å². The molecular formula is C132H92F4N4. The highest BCUT2D eigenvalue weighted by molar-refractivity contribution is 6.30. The Labute approximate surface area is 868 Å². The quantitative estimate of drug-likeness (QED) is 0.0557. The number of anilines is 12. The normalized spacial score (nSPS) is 15.4. The first kappa shape index (κ1) is 53.0. The monoisotopic (exact) mass is 1850 g/mol. The van der Waals surface area contributed by atoms with Gasteiger partial charge in [0.1, 0.15) is 23.3 Å². The van der Waals surface area contributed by atoms with Gasteiger partial charge in [0.2, 0.25) is 0 Å². The van der Waals surface area contributed by atoms with Gasteiger partial charge in [0.25, 0.3) is 0 Å². The molecule has 0 atom stereocenters. The zero-order chi connectivity index (χ0) is 129. The molecule has 4 nitrogen and oxygen atoms in total. The number of nitrogens with zero attached hydrogens (tertiary/aromatic N) is 4. The first-order chi connectivity index (χ1) is 85.3. The van der Waals surface area contributed by atoms with Gasteiger partial charge in [0.05, 0.1) is 100 Å². The van der Waals surface area contributed by atoms with Crippen LogP contribution in [0.1, 0.15) is 77.1 Å². The molecule has 0 bridgehead atoms. The zero-order valence-electron chi connectivity index (χ0n) is 114. The summed E-state index contributed by atoms with van der Waals surface area (Å²) in [4.78, 5) is 6.07. The minimum atomic E-state index is -1.09. The van der Waals surface area contributed by atoms with Crippen molar-refractivity contribution < 1.29 is 72.4 Å². The largest absolute Gasteiger partial charge is 0.307 e. The molecule has 0 aliphatic rings. The van der Waals surface area contributed by atoms with Crippen molar-refractivity contribution in [3.05, 3.63) is 530 Å². The van der Waals surface area contributed by atoms with Crippen LogP contribution in [0.15, 0.2) is 484 Å². The summed E-state index contributed by atoms with van der Waals surface area (Å²) in [6.07, 6.45) is 0. The zero-order valence-corrected chi connectivity index (χ0v) is 74.4. The summed E-state index contributed by atoms with van der Waals surface area (Å²) in [6, 6.07) is 36.3. The number of aryl methyl sites for hydroxylation is 4. The summed E-state index contributed by atoms with van der Waals surface area (Å²) >= 11 is 0. The molecular weight excluding hydrogens is 1720 g/mol. The van der Waals surface area contributed by atoms with Crippen molar-refractivity contribution in [2.75, 3.05) is 19.6 Å². The van der Waals surface area contributed by atoms with E-state index >= 15 is 17.6 Å². The van der Waals surface area contributed by atoms with E-state index in [9.17, 15) is 11.0 Å². The lowest BCUT2D eigenvalue weighted by molar-refractivity contribution is 0.629. The van der Waals surface area contributed by atoms with Crippen molar-refractivity contribution in [1.29, 1.82) is 0 Å². The fraction of sp³-hybridized carbons (Fsp3) is 0.0303. The fourth-order valence-electron chi connectivity index (χ4n) is 18.6. The lowest BCUT2D eigenvalue weighted by Gasteiger charge is -2.32. The van der Waals surface area contributed by atoms with Crippen LogP contribution in [0.4, 0.5) is 85.8 Å². The highest BCUT2D eigenvalue weighted by Gasteiger charge is 2.33. The fourth-order valence-corrected chi connectivity index (χ4v) is 18.6. The molecule has 24 aromatic rings. The Hall–Kier alpha value is -17.7. The summed E-state index contributed by atoms with van der Waals surface area (Å²) in [5.74, 6) is -4.34. The molecule has 24 rings (SSSR count). The topological polar surface area (TPSA) is 13.0 Å². The molecule has 0 heterocycles. The molecule has 0 saturated carbocycles. The SMILES string of the molecule is [2H]c1c([2H])c([2H])c(-c2cc(F)c(N(c3ccc(C)cc3)c3ccc4ccc5c(N(c6ccc(C)cc6)c6c(F)cc(-c7c([2H])c([2H])c([2H])c([2H])c7[2H])cc6-c6c([2H])c([2H])c([2H])c([2H])c6[2H])ccc6ccc3c4c65)c(-c3c([2H])c([2H])c([2H])c([2H])c3[2H])c2)c([2H])c1[2H].[2H]c1c([2H])c([2H])c(-c2cc(F)c(N(c3cccc(C)c3)c3ccc4ccc5c(N(c6cccc(C)c6)c6c(F)cc(-c7c([2H])c([2H])c([2H])c([2H])c7[2H])cc6-c6c([2H])c([2H])c([2H])c([2H])c6[2H])ccc6ccc3c4c65)c(-c3c([2H])c([2H])c([2H])c([2H])c3[2H])c2)c([2H])c1[2H]. The van der Waals surface area contributed by atoms with Crippen LogP contribution in [0, 0.1) is 51.0 Å². The van der Waals surface area contributed by atoms with Gasteiger partial charge in [-0.25, -0.2) is 17.6 Å². The van der Waals surface area contributed by atoms with Crippen molar-refractivity contribution >= 4 is 133 Å². The molecule has 0 saturated heterocycles. The van der Waals surface area contributed by atoms with E-state index in [0.29, 0.717) is 98.5 Å². The molecule has 0 aliphatic carbocycles. The van der Waals surface area contributed by atoms with Crippen LogP contribution in [0.25, 0.3) is 154 Å². The highest BCUT2D eigenvalue weighted by Crippen LogP contribution is 2.56. The Morgan fingerprint density at radius 1 is 0.179 bits per heavy atom. The summed E-state index contributed by atoms with van der Waals surface area (Å²) in [5.41, 5.74) is -1.70. The van der Waals surface area contributed by atoms with Crippen LogP contribution in [-0.2, 0) is 0 Å². The molecule has 0 amide bonds. The lowest BCUT2D eigenvalue weighted by atomic mass is 9.90. The van der Waals surface area contributed by atoms with Gasteiger partial charge in [-0.05, 0) is 270 Å². The van der Waals surface area contributed by atoms with Crippen molar-refractivity contribution in [3.8, 4) is 89.0 Å². The van der Waals surface area contributed by atoms with E-state index in [1.807, 2.05) is 38.1 Å². The van der Waals surface area contributed by atoms with Gasteiger partial charge in [-0.2, -0.15) is 0 Å². The molecule has 8 heteroatoms. The smallest absolute Gasteiger partial charge is 0.148 e. The first-order valence-corrected chi connectivity index (χ1v) is 44.1. The predicted octanol–water partition coefficient (Wildman–Crippen LogP) is 38.2. The van der Waals surface area contributed by atoms with Crippen LogP contribution in [0.2, 0.25) is 0 Å². The maximum atomic E-state index is 18.4. The van der Waals surface area contributed by atoms with Crippen LogP contribution in [0.3, 0.4) is 0 Å². The first-order valence-electron chi connectivity index (χ1n) is 64.1. The average molecular weight is 1850 g/mol. The Kier molecular flexibility index (Phi) is 13.9. The van der Waals surface area contributed by atoms with E-state index in [-0.39, 0.29) is 90.0 Å². The van der Waals surface area contributed by atoms with Gasteiger partial charge >= 0.3 is 0 Å². The van der Waals surface area contributed by atoms with Crippen molar-refractivity contribution in [2.45, 2.75) is 27.7 Å². The Bertz CT molecular complexity index is 10600. The van der Waals surface area contributed by atoms with Gasteiger partial charge in [-0.3, -0.25) is 0 Å². The Morgan fingerprint density at radius 3 is 0.607 bits per heavy atom. The Balaban J connectivity index is 0.000000189. The second kappa shape index (κ2) is 36.8. The van der Waals surface area contributed by atoms with E-state index < -0.39 is 309 Å². The van der Waals surface area contributed by atoms with E-state index in [1.54, 1.807) is 184 Å². The number of halogens is 4. The summed E-state index contributed by atoms with van der Waals surface area (Å²) < 4.78 is 424. The molecule has 0 N–H and O–H groups in total. The van der Waals surface area contributed by atoms with Gasteiger partial charge in [0.15, 0.2) is 0 Å². The van der Waals surface area contributed by atoms with Gasteiger partial charge in [-0.15, -0.1) is 0 Å². The van der Waals surface area contributed by atoms with E-state index in [2.05, 4.69) is 0 Å². The molecule has 668 valence electrons. The molecule has 0 radical (unpaired) electrons. The van der Waals surface area contributed by atoms with Gasteiger partial charge in [-0.1, -0.05) is 374 Å². The van der Waals surface area contributed by atoms with Crippen LogP contribution < -0.4 is 19.6 Å². The minimum Gasteiger partial charge on any atom is -0.307 e. The highest BCUT2D eigenvalue weighted by atomic mass is 19.1. The third-order valence-corrected chi connectivity index (χ3v) is 24.7. The molecule has 0 fully saturated rings. The second-order valence-electron chi connectivity index (χ2n) is 33.3. The second-order valence-corrected chi connectivity index (χ2v) is 33.3. The maximum Gasteiger partial charge on any atom is 0.148 e. The van der Waals surface area contributed by atoms with E-state index in [0.717, 1.165) is 35.4 Å². The minimum absolute atomic E-state index is 0.254. The molecule has 0 spiro atoms. The summed E-state index contributed by atoms with van der Waals surface area (Å²) in [5, 5.41) is 6.67. The molecule has 0 aromatic heterocycles. The van der Waals surface area contributed by atoms with Crippen LogP contribution in [0.5, 0.6) is 0 Å². The van der Waals surface area contributed by atoms with Crippen molar-refractivity contribution in [2.24, 2.45) is 0 Å². The lowest BCUT2D eigenvalue weighted by Crippen LogP contribution is -2.15. The average Bonchev–Trinajstić information content (AvgIpc) is 0.706. The number of benzene rings is 24. The number of hydrogen-bond donors (Lipinski definition) is 0. The van der Waals surface area contributed by atoms with Crippen molar-refractivity contribution in [1.82, 2.24) is 0 Å². The molecule has 140 heavy (non-hydrogen) atoms. The Morgan fingerprint density at radius 2 is 0.386 bits per heavy atom. The molecule has 0 unspecified atom stereocenters. The number of rotatable bonds is 20. The van der Waals surface area contributed by atoms with Crippen molar-refractivity contribution in [3.63, 3.8) is 0 Å². The molecule has 24 aromatic carbocycles. The summed E-state index contributed by atoms with van der Waals surface area (Å²) in [6.45, 7) is 7.28. The van der Waals surface area contributed by atoms with Crippen LogP contribution in [-0.4, -0.2) is 0 Å².